The van der Waals surface area contributed by atoms with Crippen LogP contribution in [0.25, 0.3) is 0 Å². The molecule has 0 nitrogen and oxygen atoms in total. The monoisotopic (exact) mass is 168 g/mol. The topological polar surface area (TPSA) is 0 Å². The molecule has 1 aliphatic carbocycles. The van der Waals surface area contributed by atoms with Crippen molar-refractivity contribution >= 4 is 11.3 Å². The van der Waals surface area contributed by atoms with Crippen molar-refractivity contribution in [2.75, 3.05) is 0 Å². The Morgan fingerprint density at radius 2 is 1.91 bits per heavy atom. The van der Waals surface area contributed by atoms with Gasteiger partial charge < -0.3 is 0 Å². The lowest BCUT2D eigenvalue weighted by Gasteiger charge is -2.08. The summed E-state index contributed by atoms with van der Waals surface area (Å²) in [6.07, 6.45) is 5.49. The van der Waals surface area contributed by atoms with Crippen molar-refractivity contribution in [3.63, 3.8) is 0 Å². The van der Waals surface area contributed by atoms with E-state index in [1.165, 1.54) is 25.7 Å². The molecule has 11 heavy (non-hydrogen) atoms. The summed E-state index contributed by atoms with van der Waals surface area (Å²) in [5.74, 6) is 0. The van der Waals surface area contributed by atoms with Gasteiger partial charge in [0.05, 0.1) is 0 Å². The Labute approximate surface area is 73.3 Å². The van der Waals surface area contributed by atoms with Gasteiger partial charge in [-0.15, -0.1) is 11.3 Å². The standard InChI is InChI=1S/C8H10S.C2H6/c1-2-4-8-7(3-1)5-6-9-8;1-2/h5-6H,1-4H2;1-2H3. The van der Waals surface area contributed by atoms with Gasteiger partial charge in [0.2, 0.25) is 0 Å². The lowest BCUT2D eigenvalue weighted by Crippen LogP contribution is -1.96. The van der Waals surface area contributed by atoms with E-state index in [0.717, 1.165) is 0 Å². The lowest BCUT2D eigenvalue weighted by atomic mass is 10.00. The highest BCUT2D eigenvalue weighted by Gasteiger charge is 2.08. The minimum atomic E-state index is 1.33. The quantitative estimate of drug-likeness (QED) is 0.554. The molecule has 0 spiro atoms. The first-order valence-corrected chi connectivity index (χ1v) is 5.40. The second-order valence-corrected chi connectivity index (χ2v) is 3.58. The molecular weight excluding hydrogens is 152 g/mol. The van der Waals surface area contributed by atoms with Crippen molar-refractivity contribution in [3.8, 4) is 0 Å². The van der Waals surface area contributed by atoms with Gasteiger partial charge in [-0.05, 0) is 42.7 Å². The molecule has 0 radical (unpaired) electrons. The van der Waals surface area contributed by atoms with Crippen LogP contribution in [0.1, 0.15) is 37.1 Å². The summed E-state index contributed by atoms with van der Waals surface area (Å²) in [6.45, 7) is 4.00. The first-order chi connectivity index (χ1) is 5.47. The molecule has 0 atom stereocenters. The van der Waals surface area contributed by atoms with Gasteiger partial charge in [-0.2, -0.15) is 0 Å². The molecule has 2 rings (SSSR count). The maximum absolute atomic E-state index is 2.28. The van der Waals surface area contributed by atoms with E-state index in [4.69, 9.17) is 0 Å². The average Bonchev–Trinajstić information content (AvgIpc) is 2.55. The maximum Gasteiger partial charge on any atom is 0.00772 e. The molecule has 62 valence electrons. The Kier molecular flexibility index (Phi) is 3.64. The number of hydrogen-bond donors (Lipinski definition) is 0. The average molecular weight is 168 g/mol. The van der Waals surface area contributed by atoms with E-state index in [2.05, 4.69) is 11.4 Å². The van der Waals surface area contributed by atoms with Crippen LogP contribution in [0.5, 0.6) is 0 Å². The second-order valence-electron chi connectivity index (χ2n) is 2.58. The summed E-state index contributed by atoms with van der Waals surface area (Å²) in [6, 6.07) is 2.28. The summed E-state index contributed by atoms with van der Waals surface area (Å²) in [7, 11) is 0. The van der Waals surface area contributed by atoms with Crippen LogP contribution in [0.4, 0.5) is 0 Å². The number of fused-ring (bicyclic) bond motifs is 1. The lowest BCUT2D eigenvalue weighted by molar-refractivity contribution is 0.697. The molecule has 1 heteroatoms. The first kappa shape index (κ1) is 8.79. The molecule has 0 amide bonds. The number of aryl methyl sites for hydroxylation is 2. The van der Waals surface area contributed by atoms with Gasteiger partial charge in [-0.25, -0.2) is 0 Å². The number of hydrogen-bond acceptors (Lipinski definition) is 1. The smallest absolute Gasteiger partial charge is 0.00772 e. The Morgan fingerprint density at radius 1 is 1.18 bits per heavy atom. The minimum Gasteiger partial charge on any atom is -0.149 e. The van der Waals surface area contributed by atoms with Gasteiger partial charge in [0, 0.05) is 4.88 Å². The molecule has 0 saturated heterocycles. The third kappa shape index (κ3) is 2.06. The van der Waals surface area contributed by atoms with Gasteiger partial charge in [0.15, 0.2) is 0 Å². The number of thiophene rings is 1. The molecule has 0 N–H and O–H groups in total. The molecule has 0 bridgehead atoms. The van der Waals surface area contributed by atoms with Gasteiger partial charge in [-0.1, -0.05) is 13.8 Å². The van der Waals surface area contributed by atoms with E-state index in [9.17, 15) is 0 Å². The fourth-order valence-corrected chi connectivity index (χ4v) is 2.39. The predicted molar refractivity (Wildman–Crippen MR) is 52.3 cm³/mol. The second kappa shape index (κ2) is 4.55. The molecule has 0 saturated carbocycles. The first-order valence-electron chi connectivity index (χ1n) is 4.52. The molecule has 1 aliphatic rings. The van der Waals surface area contributed by atoms with Crippen molar-refractivity contribution in [1.82, 2.24) is 0 Å². The van der Waals surface area contributed by atoms with E-state index in [-0.39, 0.29) is 0 Å². The van der Waals surface area contributed by atoms with Gasteiger partial charge in [-0.3, -0.25) is 0 Å². The Morgan fingerprint density at radius 3 is 2.64 bits per heavy atom. The highest BCUT2D eigenvalue weighted by molar-refractivity contribution is 7.10. The molecule has 1 aromatic rings. The Hall–Kier alpha value is -0.300. The predicted octanol–water partition coefficient (Wildman–Crippen LogP) is 3.65. The molecule has 1 heterocycles. The van der Waals surface area contributed by atoms with Crippen molar-refractivity contribution in [2.45, 2.75) is 39.5 Å². The normalized spacial score (nSPS) is 14.7. The fourth-order valence-electron chi connectivity index (χ4n) is 1.41. The van der Waals surface area contributed by atoms with Crippen LogP contribution in [0.3, 0.4) is 0 Å². The zero-order valence-electron chi connectivity index (χ0n) is 7.39. The van der Waals surface area contributed by atoms with Crippen LogP contribution in [0.15, 0.2) is 11.4 Å². The van der Waals surface area contributed by atoms with Crippen molar-refractivity contribution in [3.05, 3.63) is 21.9 Å². The van der Waals surface area contributed by atoms with Gasteiger partial charge in [0.25, 0.3) is 0 Å². The van der Waals surface area contributed by atoms with Crippen LogP contribution in [-0.2, 0) is 12.8 Å². The van der Waals surface area contributed by atoms with E-state index < -0.39 is 0 Å². The van der Waals surface area contributed by atoms with Crippen molar-refractivity contribution in [2.24, 2.45) is 0 Å². The maximum atomic E-state index is 2.28. The number of rotatable bonds is 0. The zero-order valence-corrected chi connectivity index (χ0v) is 8.21. The SMILES string of the molecule is CC.c1cc2c(s1)CCCC2. The minimum absolute atomic E-state index is 1.33. The highest BCUT2D eigenvalue weighted by Crippen LogP contribution is 2.25. The summed E-state index contributed by atoms with van der Waals surface area (Å²) >= 11 is 1.93. The van der Waals surface area contributed by atoms with Crippen LogP contribution >= 0.6 is 11.3 Å². The zero-order chi connectivity index (χ0) is 8.10. The Bertz CT molecular complexity index is 180. The highest BCUT2D eigenvalue weighted by atomic mass is 32.1. The Balaban J connectivity index is 0.000000281. The molecule has 0 aromatic carbocycles. The van der Waals surface area contributed by atoms with Gasteiger partial charge in [0.1, 0.15) is 0 Å². The summed E-state index contributed by atoms with van der Waals surface area (Å²) in [4.78, 5) is 1.64. The molecule has 0 unspecified atom stereocenters. The van der Waals surface area contributed by atoms with Gasteiger partial charge >= 0.3 is 0 Å². The van der Waals surface area contributed by atoms with Crippen LogP contribution in [0, 0.1) is 0 Å². The van der Waals surface area contributed by atoms with E-state index >= 15 is 0 Å². The summed E-state index contributed by atoms with van der Waals surface area (Å²) < 4.78 is 0. The van der Waals surface area contributed by atoms with E-state index in [0.29, 0.717) is 0 Å². The fraction of sp³-hybridized carbons (Fsp3) is 0.600. The van der Waals surface area contributed by atoms with Crippen molar-refractivity contribution in [1.29, 1.82) is 0 Å². The van der Waals surface area contributed by atoms with E-state index in [1.807, 2.05) is 25.2 Å². The largest absolute Gasteiger partial charge is 0.149 e. The summed E-state index contributed by atoms with van der Waals surface area (Å²) in [5.41, 5.74) is 1.62. The van der Waals surface area contributed by atoms with Crippen LogP contribution in [0.2, 0.25) is 0 Å². The summed E-state index contributed by atoms with van der Waals surface area (Å²) in [5, 5.41) is 2.22. The molecule has 1 aromatic heterocycles. The van der Waals surface area contributed by atoms with Crippen LogP contribution in [-0.4, -0.2) is 0 Å². The third-order valence-electron chi connectivity index (χ3n) is 1.94. The molecule has 0 fully saturated rings. The van der Waals surface area contributed by atoms with Crippen LogP contribution < -0.4 is 0 Å². The van der Waals surface area contributed by atoms with E-state index in [1.54, 1.807) is 10.4 Å². The molecule has 0 aliphatic heterocycles. The van der Waals surface area contributed by atoms with Crippen molar-refractivity contribution < 1.29 is 0 Å². The third-order valence-corrected chi connectivity index (χ3v) is 2.96. The molecular formula is C10H16S.